The SMILES string of the molecule is FC(F)(F)c1ccc(COc2ccc(Br)cc2OC2CNC2)o1. The molecular formula is C15H13BrF3NO3. The standard InChI is InChI=1S/C15H13BrF3NO3/c16-9-1-3-12(13(5-9)22-11-6-20-7-11)21-8-10-2-4-14(23-10)15(17,18)19/h1-5,11,20H,6-8H2. The zero-order chi connectivity index (χ0) is 16.4. The lowest BCUT2D eigenvalue weighted by Gasteiger charge is -2.28. The molecule has 1 N–H and O–H groups in total. The fourth-order valence-electron chi connectivity index (χ4n) is 1.98. The first-order chi connectivity index (χ1) is 10.9. The first-order valence-corrected chi connectivity index (χ1v) is 7.67. The second kappa shape index (κ2) is 6.45. The van der Waals surface area contributed by atoms with Crippen molar-refractivity contribution in [2.45, 2.75) is 18.9 Å². The van der Waals surface area contributed by atoms with E-state index in [0.717, 1.165) is 23.6 Å². The highest BCUT2D eigenvalue weighted by atomic mass is 79.9. The third-order valence-electron chi connectivity index (χ3n) is 3.25. The summed E-state index contributed by atoms with van der Waals surface area (Å²) < 4.78 is 54.4. The minimum atomic E-state index is -4.50. The van der Waals surface area contributed by atoms with Crippen molar-refractivity contribution < 1.29 is 27.1 Å². The predicted octanol–water partition coefficient (Wildman–Crippen LogP) is 3.99. The highest BCUT2D eigenvalue weighted by Crippen LogP contribution is 2.34. The van der Waals surface area contributed by atoms with Gasteiger partial charge in [-0.3, -0.25) is 0 Å². The van der Waals surface area contributed by atoms with Gasteiger partial charge in [-0.2, -0.15) is 13.2 Å². The molecule has 124 valence electrons. The highest BCUT2D eigenvalue weighted by molar-refractivity contribution is 9.10. The molecule has 3 rings (SSSR count). The van der Waals surface area contributed by atoms with Crippen molar-refractivity contribution in [1.82, 2.24) is 5.32 Å². The molecule has 0 bridgehead atoms. The third kappa shape index (κ3) is 4.00. The Kier molecular flexibility index (Phi) is 4.54. The molecule has 0 unspecified atom stereocenters. The summed E-state index contributed by atoms with van der Waals surface area (Å²) in [6.45, 7) is 1.38. The van der Waals surface area contributed by atoms with E-state index in [0.29, 0.717) is 11.5 Å². The largest absolute Gasteiger partial charge is 0.484 e. The summed E-state index contributed by atoms with van der Waals surface area (Å²) in [4.78, 5) is 0. The van der Waals surface area contributed by atoms with Gasteiger partial charge in [0.1, 0.15) is 18.5 Å². The Morgan fingerprint density at radius 2 is 1.96 bits per heavy atom. The lowest BCUT2D eigenvalue weighted by Crippen LogP contribution is -2.50. The zero-order valence-corrected chi connectivity index (χ0v) is 13.4. The normalized spacial score (nSPS) is 15.3. The number of ether oxygens (including phenoxy) is 2. The van der Waals surface area contributed by atoms with E-state index in [2.05, 4.69) is 21.2 Å². The molecule has 0 saturated carbocycles. The van der Waals surface area contributed by atoms with Crippen LogP contribution in [0.25, 0.3) is 0 Å². The molecule has 0 radical (unpaired) electrons. The molecule has 2 aromatic rings. The Labute approximate surface area is 138 Å². The lowest BCUT2D eigenvalue weighted by atomic mass is 10.2. The number of hydrogen-bond acceptors (Lipinski definition) is 4. The summed E-state index contributed by atoms with van der Waals surface area (Å²) in [7, 11) is 0. The van der Waals surface area contributed by atoms with E-state index in [9.17, 15) is 13.2 Å². The van der Waals surface area contributed by atoms with Gasteiger partial charge < -0.3 is 19.2 Å². The molecule has 8 heteroatoms. The summed E-state index contributed by atoms with van der Waals surface area (Å²) in [6, 6.07) is 7.36. The van der Waals surface area contributed by atoms with Gasteiger partial charge in [0.2, 0.25) is 5.76 Å². The van der Waals surface area contributed by atoms with Gasteiger partial charge in [0, 0.05) is 17.6 Å². The van der Waals surface area contributed by atoms with Gasteiger partial charge in [0.05, 0.1) is 0 Å². The molecule has 1 aliphatic heterocycles. The van der Waals surface area contributed by atoms with Crippen molar-refractivity contribution in [1.29, 1.82) is 0 Å². The predicted molar refractivity (Wildman–Crippen MR) is 79.5 cm³/mol. The molecule has 1 fully saturated rings. The van der Waals surface area contributed by atoms with Crippen LogP contribution in [-0.4, -0.2) is 19.2 Å². The van der Waals surface area contributed by atoms with Crippen LogP contribution in [0.1, 0.15) is 11.5 Å². The average Bonchev–Trinajstić information content (AvgIpc) is 2.91. The van der Waals surface area contributed by atoms with E-state index < -0.39 is 11.9 Å². The smallest absolute Gasteiger partial charge is 0.449 e. The van der Waals surface area contributed by atoms with Crippen molar-refractivity contribution in [3.05, 3.63) is 46.3 Å². The van der Waals surface area contributed by atoms with Crippen LogP contribution in [0.15, 0.2) is 39.2 Å². The second-order valence-electron chi connectivity index (χ2n) is 5.04. The number of halogens is 4. The Balaban J connectivity index is 1.68. The summed E-state index contributed by atoms with van der Waals surface area (Å²) >= 11 is 3.35. The fraction of sp³-hybridized carbons (Fsp3) is 0.333. The number of nitrogens with one attached hydrogen (secondary N) is 1. The van der Waals surface area contributed by atoms with Crippen LogP contribution in [0, 0.1) is 0 Å². The van der Waals surface area contributed by atoms with Gasteiger partial charge in [-0.25, -0.2) is 0 Å². The summed E-state index contributed by atoms with van der Waals surface area (Å²) in [5.74, 6) is 0.0407. The Morgan fingerprint density at radius 1 is 1.17 bits per heavy atom. The molecule has 1 aromatic carbocycles. The van der Waals surface area contributed by atoms with Gasteiger partial charge in [0.25, 0.3) is 0 Å². The van der Waals surface area contributed by atoms with Crippen LogP contribution in [0.2, 0.25) is 0 Å². The van der Waals surface area contributed by atoms with E-state index in [-0.39, 0.29) is 18.5 Å². The number of alkyl halides is 3. The summed E-state index contributed by atoms with van der Waals surface area (Å²) in [5, 5.41) is 3.09. The molecule has 0 amide bonds. The summed E-state index contributed by atoms with van der Waals surface area (Å²) in [6.07, 6.45) is -4.44. The highest BCUT2D eigenvalue weighted by Gasteiger charge is 2.34. The first-order valence-electron chi connectivity index (χ1n) is 6.87. The van der Waals surface area contributed by atoms with Crippen LogP contribution in [0.3, 0.4) is 0 Å². The third-order valence-corrected chi connectivity index (χ3v) is 3.75. The fourth-order valence-corrected chi connectivity index (χ4v) is 2.32. The van der Waals surface area contributed by atoms with Crippen molar-refractivity contribution in [3.8, 4) is 11.5 Å². The number of hydrogen-bond donors (Lipinski definition) is 1. The maximum atomic E-state index is 12.5. The minimum absolute atomic E-state index is 0.0621. The van der Waals surface area contributed by atoms with Gasteiger partial charge in [-0.1, -0.05) is 15.9 Å². The van der Waals surface area contributed by atoms with Crippen LogP contribution < -0.4 is 14.8 Å². The minimum Gasteiger partial charge on any atom is -0.484 e. The number of rotatable bonds is 5. The lowest BCUT2D eigenvalue weighted by molar-refractivity contribution is -0.153. The summed E-state index contributed by atoms with van der Waals surface area (Å²) in [5.41, 5.74) is 0. The van der Waals surface area contributed by atoms with Crippen molar-refractivity contribution >= 4 is 15.9 Å². The molecule has 1 aliphatic rings. The Hall–Kier alpha value is -1.67. The maximum absolute atomic E-state index is 12.5. The first kappa shape index (κ1) is 16.2. The van der Waals surface area contributed by atoms with Crippen LogP contribution in [0.4, 0.5) is 13.2 Å². The Morgan fingerprint density at radius 3 is 2.57 bits per heavy atom. The van der Waals surface area contributed by atoms with Crippen LogP contribution >= 0.6 is 15.9 Å². The Bertz CT molecular complexity index is 683. The van der Waals surface area contributed by atoms with E-state index >= 15 is 0 Å². The van der Waals surface area contributed by atoms with Gasteiger partial charge >= 0.3 is 6.18 Å². The molecule has 4 nitrogen and oxygen atoms in total. The molecule has 23 heavy (non-hydrogen) atoms. The quantitative estimate of drug-likeness (QED) is 0.836. The second-order valence-corrected chi connectivity index (χ2v) is 5.96. The van der Waals surface area contributed by atoms with Gasteiger partial charge in [-0.05, 0) is 30.3 Å². The van der Waals surface area contributed by atoms with Crippen molar-refractivity contribution in [2.75, 3.05) is 13.1 Å². The molecule has 0 atom stereocenters. The molecule has 2 heterocycles. The van der Waals surface area contributed by atoms with Crippen LogP contribution in [0.5, 0.6) is 11.5 Å². The van der Waals surface area contributed by atoms with Gasteiger partial charge in [0.15, 0.2) is 11.5 Å². The molecule has 0 spiro atoms. The zero-order valence-electron chi connectivity index (χ0n) is 11.8. The van der Waals surface area contributed by atoms with Crippen molar-refractivity contribution in [2.24, 2.45) is 0 Å². The van der Waals surface area contributed by atoms with Gasteiger partial charge in [-0.15, -0.1) is 0 Å². The number of furan rings is 1. The molecule has 1 saturated heterocycles. The van der Waals surface area contributed by atoms with E-state index in [1.807, 2.05) is 0 Å². The van der Waals surface area contributed by atoms with E-state index in [4.69, 9.17) is 13.9 Å². The van der Waals surface area contributed by atoms with E-state index in [1.165, 1.54) is 6.07 Å². The molecule has 1 aromatic heterocycles. The van der Waals surface area contributed by atoms with Crippen molar-refractivity contribution in [3.63, 3.8) is 0 Å². The molecular weight excluding hydrogens is 379 g/mol. The maximum Gasteiger partial charge on any atom is 0.449 e. The monoisotopic (exact) mass is 391 g/mol. The van der Waals surface area contributed by atoms with Crippen LogP contribution in [-0.2, 0) is 12.8 Å². The number of benzene rings is 1. The topological polar surface area (TPSA) is 43.6 Å². The molecule has 0 aliphatic carbocycles. The average molecular weight is 392 g/mol. The van der Waals surface area contributed by atoms with E-state index in [1.54, 1.807) is 18.2 Å².